The van der Waals surface area contributed by atoms with Gasteiger partial charge in [-0.3, -0.25) is 14.5 Å². The van der Waals surface area contributed by atoms with E-state index in [0.717, 1.165) is 24.2 Å². The zero-order chi connectivity index (χ0) is 19.1. The van der Waals surface area contributed by atoms with E-state index in [1.165, 1.54) is 0 Å². The van der Waals surface area contributed by atoms with Gasteiger partial charge in [-0.1, -0.05) is 0 Å². The minimum atomic E-state index is -2.98. The SMILES string of the molecule is Cc1cc(C(=O)CN(C)CC(=O)NC2CC2)c(C)n1[C@H]1CCS(=O)(=O)C1. The van der Waals surface area contributed by atoms with Crippen molar-refractivity contribution in [1.29, 1.82) is 0 Å². The number of carbonyl (C=O) groups is 2. The van der Waals surface area contributed by atoms with Crippen molar-refractivity contribution in [3.05, 3.63) is 23.0 Å². The van der Waals surface area contributed by atoms with Crippen molar-refractivity contribution in [2.24, 2.45) is 0 Å². The van der Waals surface area contributed by atoms with Crippen LogP contribution in [0.4, 0.5) is 0 Å². The summed E-state index contributed by atoms with van der Waals surface area (Å²) in [5.41, 5.74) is 2.33. The Hall–Kier alpha value is -1.67. The first-order valence-electron chi connectivity index (χ1n) is 9.06. The van der Waals surface area contributed by atoms with E-state index in [1.54, 1.807) is 11.9 Å². The molecule has 1 atom stereocenters. The maximum absolute atomic E-state index is 12.7. The summed E-state index contributed by atoms with van der Waals surface area (Å²) >= 11 is 0. The molecule has 2 heterocycles. The molecular formula is C18H27N3O4S. The minimum absolute atomic E-state index is 0.0491. The van der Waals surface area contributed by atoms with E-state index in [2.05, 4.69) is 5.32 Å². The van der Waals surface area contributed by atoms with Crippen LogP contribution in [0.3, 0.4) is 0 Å². The van der Waals surface area contributed by atoms with Crippen LogP contribution in [0, 0.1) is 13.8 Å². The Morgan fingerprint density at radius 2 is 1.92 bits per heavy atom. The van der Waals surface area contributed by atoms with Crippen LogP contribution in [-0.2, 0) is 14.6 Å². The molecule has 1 aromatic heterocycles. The van der Waals surface area contributed by atoms with E-state index in [-0.39, 0.29) is 42.3 Å². The van der Waals surface area contributed by atoms with Gasteiger partial charge in [0, 0.05) is 29.0 Å². The van der Waals surface area contributed by atoms with Crippen LogP contribution in [-0.4, -0.2) is 67.3 Å². The highest BCUT2D eigenvalue weighted by molar-refractivity contribution is 7.91. The molecule has 1 saturated carbocycles. The second-order valence-corrected chi connectivity index (χ2v) is 9.88. The molecule has 1 saturated heterocycles. The highest BCUT2D eigenvalue weighted by Gasteiger charge is 2.32. The Bertz CT molecular complexity index is 824. The van der Waals surface area contributed by atoms with Gasteiger partial charge in [0.1, 0.15) is 0 Å². The lowest BCUT2D eigenvalue weighted by atomic mass is 10.1. The highest BCUT2D eigenvalue weighted by atomic mass is 32.2. The second kappa shape index (κ2) is 7.15. The summed E-state index contributed by atoms with van der Waals surface area (Å²) in [6.45, 7) is 4.12. The van der Waals surface area contributed by atoms with Crippen LogP contribution in [0.5, 0.6) is 0 Å². The molecule has 144 valence electrons. The number of likely N-dealkylation sites (N-methyl/N-ethyl adjacent to an activating group) is 1. The molecule has 1 aliphatic carbocycles. The molecule has 2 aliphatic rings. The molecule has 1 N–H and O–H groups in total. The maximum Gasteiger partial charge on any atom is 0.234 e. The van der Waals surface area contributed by atoms with Crippen molar-refractivity contribution < 1.29 is 18.0 Å². The normalized spacial score (nSPS) is 21.9. The molecule has 2 fully saturated rings. The number of aryl methyl sites for hydroxylation is 1. The summed E-state index contributed by atoms with van der Waals surface area (Å²) in [6, 6.07) is 2.05. The summed E-state index contributed by atoms with van der Waals surface area (Å²) in [4.78, 5) is 26.3. The van der Waals surface area contributed by atoms with Crippen molar-refractivity contribution in [3.8, 4) is 0 Å². The Labute approximate surface area is 154 Å². The third-order valence-electron chi connectivity index (χ3n) is 5.13. The number of hydrogen-bond donors (Lipinski definition) is 1. The van der Waals surface area contributed by atoms with Gasteiger partial charge in [0.05, 0.1) is 24.6 Å². The molecule has 26 heavy (non-hydrogen) atoms. The quantitative estimate of drug-likeness (QED) is 0.708. The van der Waals surface area contributed by atoms with E-state index in [9.17, 15) is 18.0 Å². The maximum atomic E-state index is 12.7. The lowest BCUT2D eigenvalue weighted by molar-refractivity contribution is -0.121. The van der Waals surface area contributed by atoms with Crippen LogP contribution >= 0.6 is 0 Å². The molecule has 3 rings (SSSR count). The molecule has 0 radical (unpaired) electrons. The average Bonchev–Trinajstić information content (AvgIpc) is 3.18. The number of rotatable bonds is 7. The zero-order valence-corrected chi connectivity index (χ0v) is 16.4. The molecule has 0 unspecified atom stereocenters. The summed E-state index contributed by atoms with van der Waals surface area (Å²) < 4.78 is 25.5. The number of ketones is 1. The third kappa shape index (κ3) is 4.35. The van der Waals surface area contributed by atoms with Gasteiger partial charge in [0.25, 0.3) is 0 Å². The van der Waals surface area contributed by atoms with E-state index in [1.807, 2.05) is 24.5 Å². The molecule has 1 aliphatic heterocycles. The van der Waals surface area contributed by atoms with Crippen molar-refractivity contribution in [2.75, 3.05) is 31.6 Å². The predicted octanol–water partition coefficient (Wildman–Crippen LogP) is 0.858. The number of Topliss-reactive ketones (excluding diaryl/α,β-unsaturated/α-hetero) is 1. The van der Waals surface area contributed by atoms with Gasteiger partial charge in [-0.25, -0.2) is 8.42 Å². The molecular weight excluding hydrogens is 354 g/mol. The summed E-state index contributed by atoms with van der Waals surface area (Å²) in [5.74, 6) is 0.242. The standard InChI is InChI=1S/C18H27N3O4S/c1-12-8-16(13(2)21(12)15-6-7-26(24,25)11-15)17(22)9-20(3)10-18(23)19-14-4-5-14/h8,14-15H,4-7,9-11H2,1-3H3,(H,19,23)/t15-/m0/s1. The van der Waals surface area contributed by atoms with Crippen molar-refractivity contribution in [2.45, 2.75) is 45.2 Å². The predicted molar refractivity (Wildman–Crippen MR) is 99.2 cm³/mol. The van der Waals surface area contributed by atoms with Gasteiger partial charge in [-0.2, -0.15) is 0 Å². The third-order valence-corrected chi connectivity index (χ3v) is 6.88. The fraction of sp³-hybridized carbons (Fsp3) is 0.667. The van der Waals surface area contributed by atoms with Crippen molar-refractivity contribution >= 4 is 21.5 Å². The highest BCUT2D eigenvalue weighted by Crippen LogP contribution is 2.29. The van der Waals surface area contributed by atoms with Gasteiger partial charge >= 0.3 is 0 Å². The average molecular weight is 381 g/mol. The lowest BCUT2D eigenvalue weighted by Gasteiger charge is -2.17. The largest absolute Gasteiger partial charge is 0.352 e. The molecule has 0 aromatic carbocycles. The molecule has 0 spiro atoms. The van der Waals surface area contributed by atoms with Crippen LogP contribution in [0.2, 0.25) is 0 Å². The molecule has 1 aromatic rings. The molecule has 0 bridgehead atoms. The first kappa shape index (κ1) is 19.1. The van der Waals surface area contributed by atoms with Crippen LogP contribution < -0.4 is 5.32 Å². The van der Waals surface area contributed by atoms with Gasteiger partial charge in [0.15, 0.2) is 15.6 Å². The van der Waals surface area contributed by atoms with Crippen LogP contribution in [0.25, 0.3) is 0 Å². The number of nitrogens with zero attached hydrogens (tertiary/aromatic N) is 2. The topological polar surface area (TPSA) is 88.5 Å². The van der Waals surface area contributed by atoms with Crippen molar-refractivity contribution in [3.63, 3.8) is 0 Å². The molecule has 8 heteroatoms. The summed E-state index contributed by atoms with van der Waals surface area (Å²) in [6.07, 6.45) is 2.67. The van der Waals surface area contributed by atoms with Gasteiger partial charge in [0.2, 0.25) is 5.91 Å². The Kier molecular flexibility index (Phi) is 5.25. The molecule has 1 amide bonds. The van der Waals surface area contributed by atoms with E-state index < -0.39 is 9.84 Å². The van der Waals surface area contributed by atoms with E-state index in [4.69, 9.17) is 0 Å². The summed E-state index contributed by atoms with van der Waals surface area (Å²) in [7, 11) is -1.23. The number of hydrogen-bond acceptors (Lipinski definition) is 5. The molecule has 7 nitrogen and oxygen atoms in total. The lowest BCUT2D eigenvalue weighted by Crippen LogP contribution is -2.38. The van der Waals surface area contributed by atoms with E-state index >= 15 is 0 Å². The fourth-order valence-electron chi connectivity index (χ4n) is 3.73. The fourth-order valence-corrected chi connectivity index (χ4v) is 5.43. The first-order valence-corrected chi connectivity index (χ1v) is 10.9. The van der Waals surface area contributed by atoms with Crippen molar-refractivity contribution in [1.82, 2.24) is 14.8 Å². The number of carbonyl (C=O) groups excluding carboxylic acids is 2. The number of nitrogens with one attached hydrogen (secondary N) is 1. The Morgan fingerprint density at radius 1 is 1.23 bits per heavy atom. The number of amides is 1. The Morgan fingerprint density at radius 3 is 2.50 bits per heavy atom. The van der Waals surface area contributed by atoms with Crippen LogP contribution in [0.1, 0.15) is 47.1 Å². The van der Waals surface area contributed by atoms with Gasteiger partial charge in [-0.15, -0.1) is 0 Å². The number of sulfone groups is 1. The Balaban J connectivity index is 1.66. The monoisotopic (exact) mass is 381 g/mol. The van der Waals surface area contributed by atoms with Gasteiger partial charge < -0.3 is 9.88 Å². The first-order chi connectivity index (χ1) is 12.2. The smallest absolute Gasteiger partial charge is 0.234 e. The zero-order valence-electron chi connectivity index (χ0n) is 15.6. The number of aromatic nitrogens is 1. The minimum Gasteiger partial charge on any atom is -0.352 e. The van der Waals surface area contributed by atoms with E-state index in [0.29, 0.717) is 18.0 Å². The summed E-state index contributed by atoms with van der Waals surface area (Å²) in [5, 5.41) is 2.91. The van der Waals surface area contributed by atoms with Gasteiger partial charge in [-0.05, 0) is 46.2 Å². The second-order valence-electron chi connectivity index (χ2n) is 7.65. The van der Waals surface area contributed by atoms with Crippen LogP contribution in [0.15, 0.2) is 6.07 Å².